The zero-order chi connectivity index (χ0) is 24.2. The van der Waals surface area contributed by atoms with Crippen molar-refractivity contribution >= 4 is 29.4 Å². The molecule has 0 spiro atoms. The highest BCUT2D eigenvalue weighted by Gasteiger charge is 2.20. The fraction of sp³-hybridized carbons (Fsp3) is 0.435. The molecule has 0 aromatic carbocycles. The number of amidine groups is 1. The third-order valence-corrected chi connectivity index (χ3v) is 5.15. The molecule has 0 aromatic heterocycles. The van der Waals surface area contributed by atoms with Crippen molar-refractivity contribution in [2.24, 2.45) is 4.99 Å². The first-order valence-corrected chi connectivity index (χ1v) is 10.9. The second-order valence-corrected chi connectivity index (χ2v) is 7.83. The smallest absolute Gasteiger partial charge is 0.412 e. The Kier molecular flexibility index (Phi) is 10.7. The number of cyclic esters (lactones) is 1. The van der Waals surface area contributed by atoms with Crippen molar-refractivity contribution < 1.29 is 18.7 Å². The summed E-state index contributed by atoms with van der Waals surface area (Å²) < 4.78 is 18.4. The summed E-state index contributed by atoms with van der Waals surface area (Å²) in [4.78, 5) is 31.8. The zero-order valence-corrected chi connectivity index (χ0v) is 19.6. The first-order chi connectivity index (χ1) is 15.8. The number of amides is 2. The van der Waals surface area contributed by atoms with Crippen molar-refractivity contribution in [3.63, 3.8) is 0 Å². The molecule has 2 aliphatic heterocycles. The Hall–Kier alpha value is -3.09. The van der Waals surface area contributed by atoms with Gasteiger partial charge >= 0.3 is 6.09 Å². The van der Waals surface area contributed by atoms with Gasteiger partial charge in [0.1, 0.15) is 18.3 Å². The van der Waals surface area contributed by atoms with Crippen LogP contribution in [0.4, 0.5) is 9.18 Å². The van der Waals surface area contributed by atoms with E-state index in [1.165, 1.54) is 6.20 Å². The predicted molar refractivity (Wildman–Crippen MR) is 127 cm³/mol. The summed E-state index contributed by atoms with van der Waals surface area (Å²) in [6.07, 6.45) is 11.5. The number of nitrogens with zero attached hydrogens (tertiary/aromatic N) is 3. The van der Waals surface area contributed by atoms with E-state index in [2.05, 4.69) is 37.8 Å². The maximum atomic E-state index is 13.6. The standard InChI is InChI=1S/C20H25ClFN5O3.C3H4/c1-14(12-23-18-6-11-30-20(29)25-18)24-19(28)13-26-7-9-27(10-8-26)15-2-4-16(21)17(22)5-3-15;1-3-2/h2-4,12H,5-11,13H2,1H3,(H,24,28)(H,23,25,29);1H,2H3/b14-12+;. The number of nitrogens with one attached hydrogen (secondary N) is 2. The summed E-state index contributed by atoms with van der Waals surface area (Å²) in [5.74, 6) is 2.31. The second kappa shape index (κ2) is 13.5. The van der Waals surface area contributed by atoms with Gasteiger partial charge in [0.2, 0.25) is 5.91 Å². The zero-order valence-electron chi connectivity index (χ0n) is 18.9. The van der Waals surface area contributed by atoms with Gasteiger partial charge in [-0.3, -0.25) is 15.0 Å². The summed E-state index contributed by atoms with van der Waals surface area (Å²) in [6, 6.07) is 0. The van der Waals surface area contributed by atoms with Gasteiger partial charge in [0.25, 0.3) is 0 Å². The number of allylic oxidation sites excluding steroid dienone is 6. The fourth-order valence-electron chi connectivity index (χ4n) is 3.23. The Labute approximate surface area is 198 Å². The van der Waals surface area contributed by atoms with Crippen molar-refractivity contribution in [1.29, 1.82) is 0 Å². The molecule has 2 N–H and O–H groups in total. The van der Waals surface area contributed by atoms with E-state index in [4.69, 9.17) is 16.3 Å². The molecule has 33 heavy (non-hydrogen) atoms. The number of ether oxygens (including phenoxy) is 1. The Morgan fingerprint density at radius 1 is 1.39 bits per heavy atom. The maximum Gasteiger partial charge on any atom is 0.412 e. The quantitative estimate of drug-likeness (QED) is 0.594. The van der Waals surface area contributed by atoms with E-state index in [0.717, 1.165) is 31.9 Å². The minimum absolute atomic E-state index is 0.125. The van der Waals surface area contributed by atoms with Gasteiger partial charge in [-0.1, -0.05) is 17.7 Å². The maximum absolute atomic E-state index is 13.6. The molecule has 2 heterocycles. The van der Waals surface area contributed by atoms with Gasteiger partial charge in [-0.25, -0.2) is 14.2 Å². The molecule has 1 aliphatic carbocycles. The molecule has 0 unspecified atom stereocenters. The molecule has 0 bridgehead atoms. The fourth-order valence-corrected chi connectivity index (χ4v) is 3.37. The van der Waals surface area contributed by atoms with E-state index in [1.807, 2.05) is 12.2 Å². The predicted octanol–water partition coefficient (Wildman–Crippen LogP) is 3.01. The van der Waals surface area contributed by atoms with Gasteiger partial charge in [-0.2, -0.15) is 0 Å². The number of hydrogen-bond acceptors (Lipinski definition) is 6. The normalized spacial score (nSPS) is 20.6. The lowest BCUT2D eigenvalue weighted by Crippen LogP contribution is -2.48. The molecule has 3 rings (SSSR count). The molecular formula is C23H29ClFN5O3. The molecule has 10 heteroatoms. The van der Waals surface area contributed by atoms with Crippen molar-refractivity contribution in [2.75, 3.05) is 39.3 Å². The first-order valence-electron chi connectivity index (χ1n) is 10.6. The van der Waals surface area contributed by atoms with E-state index in [0.29, 0.717) is 24.6 Å². The summed E-state index contributed by atoms with van der Waals surface area (Å²) in [6.45, 7) is 6.89. The van der Waals surface area contributed by atoms with Crippen molar-refractivity contribution in [3.8, 4) is 12.3 Å². The van der Waals surface area contributed by atoms with Crippen molar-refractivity contribution in [3.05, 3.63) is 46.7 Å². The lowest BCUT2D eigenvalue weighted by Gasteiger charge is -2.36. The molecule has 0 radical (unpaired) electrons. The molecule has 2 amide bonds. The molecule has 8 nitrogen and oxygen atoms in total. The third-order valence-electron chi connectivity index (χ3n) is 4.82. The minimum atomic E-state index is -0.520. The topological polar surface area (TPSA) is 86.3 Å². The Balaban J connectivity index is 0.00000122. The SMILES string of the molecule is C#CC.C/C(=C\N=C1CCOC(=O)N1)NC(=O)CN1CCN(C2=CCC(F)=C(Cl)C=C2)CC1. The second-order valence-electron chi connectivity index (χ2n) is 7.42. The Bertz CT molecular complexity index is 925. The van der Waals surface area contributed by atoms with E-state index in [9.17, 15) is 14.0 Å². The highest BCUT2D eigenvalue weighted by molar-refractivity contribution is 6.31. The monoisotopic (exact) mass is 477 g/mol. The number of rotatable bonds is 5. The van der Waals surface area contributed by atoms with Crippen LogP contribution in [0.5, 0.6) is 0 Å². The van der Waals surface area contributed by atoms with E-state index >= 15 is 0 Å². The van der Waals surface area contributed by atoms with Crippen molar-refractivity contribution in [2.45, 2.75) is 26.7 Å². The molecule has 2 saturated heterocycles. The lowest BCUT2D eigenvalue weighted by atomic mass is 10.2. The van der Waals surface area contributed by atoms with Crippen LogP contribution in [0.25, 0.3) is 0 Å². The van der Waals surface area contributed by atoms with Crippen LogP contribution in [0, 0.1) is 12.3 Å². The van der Waals surface area contributed by atoms with Gasteiger partial charge in [0, 0.05) is 56.6 Å². The summed E-state index contributed by atoms with van der Waals surface area (Å²) in [5.41, 5.74) is 1.54. The van der Waals surface area contributed by atoms with Gasteiger partial charge in [-0.05, 0) is 26.0 Å². The number of terminal acetylenes is 1. The highest BCUT2D eigenvalue weighted by Crippen LogP contribution is 2.23. The lowest BCUT2D eigenvalue weighted by molar-refractivity contribution is -0.121. The third kappa shape index (κ3) is 9.12. The van der Waals surface area contributed by atoms with Gasteiger partial charge < -0.3 is 15.0 Å². The van der Waals surface area contributed by atoms with Gasteiger partial charge in [0.05, 0.1) is 11.6 Å². The molecule has 0 atom stereocenters. The van der Waals surface area contributed by atoms with Crippen LogP contribution in [0.2, 0.25) is 0 Å². The average molecular weight is 478 g/mol. The summed E-state index contributed by atoms with van der Waals surface area (Å²) >= 11 is 5.85. The minimum Gasteiger partial charge on any atom is -0.449 e. The van der Waals surface area contributed by atoms with Crippen LogP contribution in [0.15, 0.2) is 51.7 Å². The molecule has 0 saturated carbocycles. The molecule has 2 fully saturated rings. The van der Waals surface area contributed by atoms with Crippen LogP contribution < -0.4 is 10.6 Å². The number of aliphatic imine (C=N–C) groups is 1. The van der Waals surface area contributed by atoms with Gasteiger partial charge in [0.15, 0.2) is 0 Å². The van der Waals surface area contributed by atoms with Gasteiger partial charge in [-0.15, -0.1) is 12.3 Å². The number of halogens is 2. The number of piperazine rings is 1. The van der Waals surface area contributed by atoms with Crippen LogP contribution in [0.1, 0.15) is 26.7 Å². The Morgan fingerprint density at radius 3 is 2.76 bits per heavy atom. The number of carbonyl (C=O) groups excluding carboxylic acids is 2. The highest BCUT2D eigenvalue weighted by atomic mass is 35.5. The number of carbonyl (C=O) groups is 2. The molecule has 178 valence electrons. The van der Waals surface area contributed by atoms with E-state index in [-0.39, 0.29) is 29.7 Å². The van der Waals surface area contributed by atoms with E-state index in [1.54, 1.807) is 19.9 Å². The van der Waals surface area contributed by atoms with E-state index < -0.39 is 6.09 Å². The average Bonchev–Trinajstić information content (AvgIpc) is 2.95. The van der Waals surface area contributed by atoms with Crippen LogP contribution >= 0.6 is 11.6 Å². The number of hydrogen-bond donors (Lipinski definition) is 2. The van der Waals surface area contributed by atoms with Crippen LogP contribution in [0.3, 0.4) is 0 Å². The Morgan fingerprint density at radius 2 is 2.09 bits per heavy atom. The largest absolute Gasteiger partial charge is 0.449 e. The molecule has 3 aliphatic rings. The summed E-state index contributed by atoms with van der Waals surface area (Å²) in [7, 11) is 0. The first kappa shape index (κ1) is 26.2. The molecule has 0 aromatic rings. The van der Waals surface area contributed by atoms with Crippen molar-refractivity contribution in [1.82, 2.24) is 20.4 Å². The number of alkyl carbamates (subject to hydrolysis) is 1. The summed E-state index contributed by atoms with van der Waals surface area (Å²) in [5, 5.41) is 5.45. The van der Waals surface area contributed by atoms with Crippen LogP contribution in [-0.2, 0) is 9.53 Å². The van der Waals surface area contributed by atoms with Crippen LogP contribution in [-0.4, -0.2) is 67.0 Å². The molecular weight excluding hydrogens is 449 g/mol.